The number of carboxylic acids is 1. The van der Waals surface area contributed by atoms with Crippen LogP contribution in [-0.4, -0.2) is 20.6 Å². The molecule has 0 bridgehead atoms. The second kappa shape index (κ2) is 5.14. The predicted octanol–water partition coefficient (Wildman–Crippen LogP) is 2.51. The van der Waals surface area contributed by atoms with E-state index in [-0.39, 0.29) is 5.56 Å². The van der Waals surface area contributed by atoms with Crippen LogP contribution >= 0.6 is 11.3 Å². The first-order valence-electron chi connectivity index (χ1n) is 6.33. The summed E-state index contributed by atoms with van der Waals surface area (Å²) in [5.74, 6) is -1.21. The lowest BCUT2D eigenvalue weighted by atomic mass is 10.2. The molecule has 0 unspecified atom stereocenters. The van der Waals surface area contributed by atoms with Gasteiger partial charge in [0, 0.05) is 18.0 Å². The molecule has 0 aliphatic rings. The van der Waals surface area contributed by atoms with Gasteiger partial charge in [0.1, 0.15) is 10.6 Å². The maximum atomic E-state index is 11.6. The highest BCUT2D eigenvalue weighted by Gasteiger charge is 2.12. The lowest BCUT2D eigenvalue weighted by Crippen LogP contribution is -2.19. The van der Waals surface area contributed by atoms with Crippen molar-refractivity contribution in [1.82, 2.24) is 9.55 Å². The smallest absolute Gasteiger partial charge is 0.341 e. The van der Waals surface area contributed by atoms with Crippen molar-refractivity contribution in [2.45, 2.75) is 13.5 Å². The summed E-state index contributed by atoms with van der Waals surface area (Å²) >= 11 is 1.56. The molecule has 1 aromatic carbocycles. The van der Waals surface area contributed by atoms with E-state index < -0.39 is 11.4 Å². The number of hydrogen-bond acceptors (Lipinski definition) is 4. The minimum atomic E-state index is -1.21. The summed E-state index contributed by atoms with van der Waals surface area (Å²) < 4.78 is 2.83. The molecule has 2 heterocycles. The molecular weight excluding hydrogens is 288 g/mol. The van der Waals surface area contributed by atoms with Crippen LogP contribution in [0, 0.1) is 6.92 Å². The number of aromatic carboxylic acids is 1. The van der Waals surface area contributed by atoms with Crippen molar-refractivity contribution in [1.29, 1.82) is 0 Å². The third-order valence-corrected chi connectivity index (χ3v) is 4.24. The summed E-state index contributed by atoms with van der Waals surface area (Å²) in [6, 6.07) is 9.17. The topological polar surface area (TPSA) is 72.2 Å². The number of thiazole rings is 1. The van der Waals surface area contributed by atoms with Crippen molar-refractivity contribution in [3.05, 3.63) is 63.0 Å². The molecule has 0 aliphatic carbocycles. The number of rotatable bonds is 3. The number of aromatic nitrogens is 2. The highest BCUT2D eigenvalue weighted by Crippen LogP contribution is 2.22. The van der Waals surface area contributed by atoms with Gasteiger partial charge in [-0.3, -0.25) is 4.79 Å². The van der Waals surface area contributed by atoms with Gasteiger partial charge >= 0.3 is 5.97 Å². The molecule has 0 saturated heterocycles. The number of pyridine rings is 1. The van der Waals surface area contributed by atoms with Crippen molar-refractivity contribution < 1.29 is 9.90 Å². The maximum absolute atomic E-state index is 11.6. The van der Waals surface area contributed by atoms with E-state index in [0.29, 0.717) is 12.2 Å². The van der Waals surface area contributed by atoms with E-state index in [0.717, 1.165) is 15.2 Å². The monoisotopic (exact) mass is 300 g/mol. The highest BCUT2D eigenvalue weighted by atomic mass is 32.1. The van der Waals surface area contributed by atoms with E-state index in [2.05, 4.69) is 4.98 Å². The van der Waals surface area contributed by atoms with E-state index >= 15 is 0 Å². The van der Waals surface area contributed by atoms with Crippen LogP contribution in [0.1, 0.15) is 21.1 Å². The summed E-state index contributed by atoms with van der Waals surface area (Å²) in [4.78, 5) is 27.2. The van der Waals surface area contributed by atoms with Crippen LogP contribution in [0.4, 0.5) is 0 Å². The van der Waals surface area contributed by atoms with Gasteiger partial charge in [0.05, 0.1) is 16.8 Å². The molecule has 0 atom stereocenters. The van der Waals surface area contributed by atoms with E-state index in [1.165, 1.54) is 12.3 Å². The Bertz CT molecular complexity index is 862. The van der Waals surface area contributed by atoms with Gasteiger partial charge in [-0.15, -0.1) is 11.3 Å². The second-order valence-electron chi connectivity index (χ2n) is 4.70. The molecule has 0 fully saturated rings. The molecule has 0 radical (unpaired) electrons. The Kier molecular flexibility index (Phi) is 3.31. The standard InChI is InChI=1S/C15H12N2O3S/c1-9-6-12(18)10(15(19)20)7-17(9)8-14-16-11-4-2-3-5-13(11)21-14/h2-7H,8H2,1H3,(H,19,20). The van der Waals surface area contributed by atoms with Crippen LogP contribution in [0.2, 0.25) is 0 Å². The van der Waals surface area contributed by atoms with Gasteiger partial charge in [0.25, 0.3) is 0 Å². The first kappa shape index (κ1) is 13.5. The Morgan fingerprint density at radius 2 is 2.14 bits per heavy atom. The summed E-state index contributed by atoms with van der Waals surface area (Å²) in [6.45, 7) is 2.23. The number of hydrogen-bond donors (Lipinski definition) is 1. The zero-order valence-corrected chi connectivity index (χ0v) is 12.1. The second-order valence-corrected chi connectivity index (χ2v) is 5.82. The van der Waals surface area contributed by atoms with Crippen LogP contribution in [-0.2, 0) is 6.54 Å². The van der Waals surface area contributed by atoms with Crippen LogP contribution in [0.15, 0.2) is 41.3 Å². The third kappa shape index (κ3) is 2.57. The SMILES string of the molecule is Cc1cc(=O)c(C(=O)O)cn1Cc1nc2ccccc2s1. The lowest BCUT2D eigenvalue weighted by molar-refractivity contribution is 0.0694. The molecule has 3 rings (SSSR count). The number of carbonyl (C=O) groups is 1. The molecule has 21 heavy (non-hydrogen) atoms. The van der Waals surface area contributed by atoms with Gasteiger partial charge in [0.15, 0.2) is 5.43 Å². The van der Waals surface area contributed by atoms with Gasteiger partial charge in [0.2, 0.25) is 0 Å². The number of aryl methyl sites for hydroxylation is 1. The summed E-state index contributed by atoms with van der Waals surface area (Å²) in [6.07, 6.45) is 1.38. The van der Waals surface area contributed by atoms with E-state index in [4.69, 9.17) is 5.11 Å². The molecule has 0 saturated carbocycles. The fourth-order valence-corrected chi connectivity index (χ4v) is 3.10. The Labute approximate surface area is 124 Å². The first-order chi connectivity index (χ1) is 10.0. The zero-order valence-electron chi connectivity index (χ0n) is 11.2. The van der Waals surface area contributed by atoms with Gasteiger partial charge < -0.3 is 9.67 Å². The average molecular weight is 300 g/mol. The maximum Gasteiger partial charge on any atom is 0.341 e. The average Bonchev–Trinajstić information content (AvgIpc) is 2.83. The van der Waals surface area contributed by atoms with Crippen molar-refractivity contribution in [2.75, 3.05) is 0 Å². The molecule has 5 nitrogen and oxygen atoms in total. The van der Waals surface area contributed by atoms with Gasteiger partial charge in [-0.05, 0) is 19.1 Å². The van der Waals surface area contributed by atoms with Crippen LogP contribution < -0.4 is 5.43 Å². The Balaban J connectivity index is 2.02. The van der Waals surface area contributed by atoms with Crippen LogP contribution in [0.25, 0.3) is 10.2 Å². The van der Waals surface area contributed by atoms with Gasteiger partial charge in [-0.25, -0.2) is 9.78 Å². The summed E-state index contributed by atoms with van der Waals surface area (Å²) in [5.41, 5.74) is 0.946. The summed E-state index contributed by atoms with van der Waals surface area (Å²) in [5, 5.41) is 9.91. The summed E-state index contributed by atoms with van der Waals surface area (Å²) in [7, 11) is 0. The fourth-order valence-electron chi connectivity index (χ4n) is 2.14. The fraction of sp³-hybridized carbons (Fsp3) is 0.133. The lowest BCUT2D eigenvalue weighted by Gasteiger charge is -2.09. The van der Waals surface area contributed by atoms with E-state index in [1.807, 2.05) is 24.3 Å². The molecule has 3 aromatic rings. The highest BCUT2D eigenvalue weighted by molar-refractivity contribution is 7.18. The molecule has 106 valence electrons. The van der Waals surface area contributed by atoms with Crippen molar-refractivity contribution in [3.8, 4) is 0 Å². The Morgan fingerprint density at radius 1 is 1.38 bits per heavy atom. The number of fused-ring (bicyclic) bond motifs is 1. The number of nitrogens with zero attached hydrogens (tertiary/aromatic N) is 2. The number of carboxylic acid groups (broad SMARTS) is 1. The van der Waals surface area contributed by atoms with E-state index in [1.54, 1.807) is 22.8 Å². The Morgan fingerprint density at radius 3 is 2.86 bits per heavy atom. The normalized spacial score (nSPS) is 10.9. The van der Waals surface area contributed by atoms with Gasteiger partial charge in [-0.1, -0.05) is 12.1 Å². The van der Waals surface area contributed by atoms with Crippen molar-refractivity contribution in [3.63, 3.8) is 0 Å². The Hall–Kier alpha value is -2.47. The van der Waals surface area contributed by atoms with E-state index in [9.17, 15) is 9.59 Å². The zero-order chi connectivity index (χ0) is 15.0. The molecule has 0 aliphatic heterocycles. The van der Waals surface area contributed by atoms with Crippen LogP contribution in [0.5, 0.6) is 0 Å². The molecule has 6 heteroatoms. The van der Waals surface area contributed by atoms with Gasteiger partial charge in [-0.2, -0.15) is 0 Å². The molecule has 0 spiro atoms. The molecule has 2 aromatic heterocycles. The molecule has 0 amide bonds. The third-order valence-electron chi connectivity index (χ3n) is 3.22. The van der Waals surface area contributed by atoms with Crippen molar-refractivity contribution in [2.24, 2.45) is 0 Å². The minimum Gasteiger partial charge on any atom is -0.477 e. The number of benzene rings is 1. The van der Waals surface area contributed by atoms with Crippen molar-refractivity contribution >= 4 is 27.5 Å². The molecular formula is C15H12N2O3S. The number of para-hydroxylation sites is 1. The van der Waals surface area contributed by atoms with Crippen LogP contribution in [0.3, 0.4) is 0 Å². The quantitative estimate of drug-likeness (QED) is 0.806. The minimum absolute atomic E-state index is 0.221. The predicted molar refractivity (Wildman–Crippen MR) is 81.1 cm³/mol. The molecule has 1 N–H and O–H groups in total. The largest absolute Gasteiger partial charge is 0.477 e. The first-order valence-corrected chi connectivity index (χ1v) is 7.15.